The van der Waals surface area contributed by atoms with Crippen molar-refractivity contribution in [2.45, 2.75) is 32.6 Å². The van der Waals surface area contributed by atoms with Gasteiger partial charge in [0.1, 0.15) is 6.20 Å². The zero-order valence-electron chi connectivity index (χ0n) is 9.01. The SMILES string of the molecule is C=CN1C=C[NH+](CCCCCC)C1.[Br-]. The predicted octanol–water partition coefficient (Wildman–Crippen LogP) is -1.66. The minimum Gasteiger partial charge on any atom is -1.00 e. The van der Waals surface area contributed by atoms with Crippen molar-refractivity contribution in [1.29, 1.82) is 0 Å². The number of hydrogen-bond acceptors (Lipinski definition) is 1. The molecule has 3 heteroatoms. The van der Waals surface area contributed by atoms with Crippen LogP contribution in [0.1, 0.15) is 32.6 Å². The second-order valence-electron chi connectivity index (χ2n) is 3.64. The summed E-state index contributed by atoms with van der Waals surface area (Å²) in [6, 6.07) is 0. The maximum atomic E-state index is 3.75. The van der Waals surface area contributed by atoms with E-state index in [0.717, 1.165) is 6.67 Å². The molecule has 0 bridgehead atoms. The van der Waals surface area contributed by atoms with Crippen LogP contribution in [-0.4, -0.2) is 18.1 Å². The van der Waals surface area contributed by atoms with Crippen molar-refractivity contribution in [3.63, 3.8) is 0 Å². The largest absolute Gasteiger partial charge is 1.00 e. The maximum absolute atomic E-state index is 3.75. The molecule has 0 amide bonds. The van der Waals surface area contributed by atoms with Crippen molar-refractivity contribution in [2.24, 2.45) is 0 Å². The molecule has 0 radical (unpaired) electrons. The highest BCUT2D eigenvalue weighted by atomic mass is 79.9. The van der Waals surface area contributed by atoms with Crippen LogP contribution in [-0.2, 0) is 0 Å². The highest BCUT2D eigenvalue weighted by molar-refractivity contribution is 4.84. The topological polar surface area (TPSA) is 7.68 Å². The molecule has 0 aromatic heterocycles. The van der Waals surface area contributed by atoms with Crippen LogP contribution >= 0.6 is 0 Å². The van der Waals surface area contributed by atoms with Crippen LogP contribution in [0.15, 0.2) is 25.2 Å². The lowest BCUT2D eigenvalue weighted by molar-refractivity contribution is -0.848. The van der Waals surface area contributed by atoms with Gasteiger partial charge in [-0.25, -0.2) is 0 Å². The number of hydrogen-bond donors (Lipinski definition) is 1. The van der Waals surface area contributed by atoms with Gasteiger partial charge in [-0.1, -0.05) is 26.3 Å². The molecule has 0 fully saturated rings. The standard InChI is InChI=1S/C11H20N2.BrH/c1-3-5-6-7-8-13-10-9-12(4-2)11-13;/h4,9-10H,2-3,5-8,11H2,1H3;1H. The van der Waals surface area contributed by atoms with Gasteiger partial charge >= 0.3 is 0 Å². The van der Waals surface area contributed by atoms with E-state index in [-0.39, 0.29) is 17.0 Å². The lowest BCUT2D eigenvalue weighted by Crippen LogP contribution is -3.07. The van der Waals surface area contributed by atoms with Crippen molar-refractivity contribution in [2.75, 3.05) is 13.2 Å². The Labute approximate surface area is 98.0 Å². The summed E-state index contributed by atoms with van der Waals surface area (Å²) in [4.78, 5) is 3.69. The molecule has 82 valence electrons. The van der Waals surface area contributed by atoms with E-state index in [1.54, 1.807) is 4.90 Å². The molecule has 1 aliphatic heterocycles. The lowest BCUT2D eigenvalue weighted by atomic mass is 10.2. The first kappa shape index (κ1) is 13.7. The lowest BCUT2D eigenvalue weighted by Gasteiger charge is -2.12. The van der Waals surface area contributed by atoms with E-state index in [4.69, 9.17) is 0 Å². The van der Waals surface area contributed by atoms with E-state index in [1.807, 2.05) is 6.20 Å². The molecule has 0 saturated carbocycles. The fourth-order valence-electron chi connectivity index (χ4n) is 1.61. The fourth-order valence-corrected chi connectivity index (χ4v) is 1.61. The van der Waals surface area contributed by atoms with Gasteiger partial charge in [-0.3, -0.25) is 4.90 Å². The number of unbranched alkanes of at least 4 members (excludes halogenated alkanes) is 3. The number of halogens is 1. The van der Waals surface area contributed by atoms with Crippen molar-refractivity contribution in [3.8, 4) is 0 Å². The van der Waals surface area contributed by atoms with Crippen LogP contribution in [0.3, 0.4) is 0 Å². The molecular weight excluding hydrogens is 240 g/mol. The Bertz CT molecular complexity index is 180. The van der Waals surface area contributed by atoms with E-state index in [9.17, 15) is 0 Å². The summed E-state index contributed by atoms with van der Waals surface area (Å²) in [5.41, 5.74) is 0. The summed E-state index contributed by atoms with van der Waals surface area (Å²) in [5.74, 6) is 0. The average molecular weight is 261 g/mol. The summed E-state index contributed by atoms with van der Waals surface area (Å²) in [7, 11) is 0. The molecule has 1 aliphatic rings. The fraction of sp³-hybridized carbons (Fsp3) is 0.636. The van der Waals surface area contributed by atoms with Crippen molar-refractivity contribution >= 4 is 0 Å². The highest BCUT2D eigenvalue weighted by Crippen LogP contribution is 1.97. The zero-order chi connectivity index (χ0) is 9.52. The summed E-state index contributed by atoms with van der Waals surface area (Å²) in [5, 5.41) is 0. The molecule has 2 nitrogen and oxygen atoms in total. The van der Waals surface area contributed by atoms with Gasteiger partial charge in [0, 0.05) is 6.20 Å². The molecule has 0 saturated heterocycles. The Morgan fingerprint density at radius 1 is 1.43 bits per heavy atom. The van der Waals surface area contributed by atoms with E-state index in [2.05, 4.69) is 30.8 Å². The van der Waals surface area contributed by atoms with Crippen LogP contribution < -0.4 is 21.9 Å². The summed E-state index contributed by atoms with van der Waals surface area (Å²) < 4.78 is 0. The smallest absolute Gasteiger partial charge is 0.160 e. The summed E-state index contributed by atoms with van der Waals surface area (Å²) in [6.07, 6.45) is 11.7. The molecule has 1 rings (SSSR count). The Morgan fingerprint density at radius 2 is 2.21 bits per heavy atom. The molecule has 1 atom stereocenters. The summed E-state index contributed by atoms with van der Waals surface area (Å²) in [6.45, 7) is 8.33. The van der Waals surface area contributed by atoms with Gasteiger partial charge in [0.05, 0.1) is 12.7 Å². The molecule has 14 heavy (non-hydrogen) atoms. The third-order valence-electron chi connectivity index (χ3n) is 2.47. The number of rotatable bonds is 6. The number of nitrogens with zero attached hydrogens (tertiary/aromatic N) is 1. The van der Waals surface area contributed by atoms with Crippen LogP contribution in [0.4, 0.5) is 0 Å². The first-order chi connectivity index (χ1) is 6.36. The molecule has 0 spiro atoms. The van der Waals surface area contributed by atoms with E-state index in [1.165, 1.54) is 32.2 Å². The Hall–Kier alpha value is -0.280. The Morgan fingerprint density at radius 3 is 2.79 bits per heavy atom. The van der Waals surface area contributed by atoms with Gasteiger partial charge in [0.15, 0.2) is 6.67 Å². The maximum Gasteiger partial charge on any atom is 0.160 e. The van der Waals surface area contributed by atoms with E-state index < -0.39 is 0 Å². The van der Waals surface area contributed by atoms with Crippen LogP contribution in [0.5, 0.6) is 0 Å². The predicted molar refractivity (Wildman–Crippen MR) is 56.0 cm³/mol. The molecule has 0 aromatic rings. The second kappa shape index (κ2) is 8.06. The van der Waals surface area contributed by atoms with E-state index in [0.29, 0.717) is 0 Å². The average Bonchev–Trinajstić information content (AvgIpc) is 2.60. The molecule has 0 aliphatic carbocycles. The van der Waals surface area contributed by atoms with Gasteiger partial charge in [-0.05, 0) is 12.8 Å². The highest BCUT2D eigenvalue weighted by Gasteiger charge is 2.13. The molecule has 1 heterocycles. The molecule has 0 aromatic carbocycles. The van der Waals surface area contributed by atoms with Gasteiger partial charge in [0.2, 0.25) is 0 Å². The number of quaternary nitrogens is 1. The van der Waals surface area contributed by atoms with Crippen molar-refractivity contribution in [3.05, 3.63) is 25.2 Å². The Kier molecular flexibility index (Phi) is 7.90. The zero-order valence-corrected chi connectivity index (χ0v) is 10.6. The first-order valence-corrected chi connectivity index (χ1v) is 5.28. The first-order valence-electron chi connectivity index (χ1n) is 5.28. The van der Waals surface area contributed by atoms with Crippen molar-refractivity contribution in [1.82, 2.24) is 4.90 Å². The van der Waals surface area contributed by atoms with Gasteiger partial charge in [0.25, 0.3) is 0 Å². The van der Waals surface area contributed by atoms with Gasteiger partial charge in [-0.15, -0.1) is 0 Å². The van der Waals surface area contributed by atoms with Gasteiger partial charge < -0.3 is 21.9 Å². The quantitative estimate of drug-likeness (QED) is 0.563. The monoisotopic (exact) mass is 260 g/mol. The number of nitrogens with one attached hydrogen (secondary N) is 1. The molecule has 1 unspecified atom stereocenters. The summed E-state index contributed by atoms with van der Waals surface area (Å²) >= 11 is 0. The normalized spacial score (nSPS) is 19.5. The minimum atomic E-state index is 0. The Balaban J connectivity index is 0.00000169. The van der Waals surface area contributed by atoms with Crippen LogP contribution in [0, 0.1) is 0 Å². The van der Waals surface area contributed by atoms with Crippen molar-refractivity contribution < 1.29 is 21.9 Å². The third-order valence-corrected chi connectivity index (χ3v) is 2.47. The molecular formula is C11H21BrN2. The minimum absolute atomic E-state index is 0. The van der Waals surface area contributed by atoms with E-state index >= 15 is 0 Å². The third kappa shape index (κ3) is 4.82. The van der Waals surface area contributed by atoms with Crippen LogP contribution in [0.2, 0.25) is 0 Å². The van der Waals surface area contributed by atoms with Gasteiger partial charge in [-0.2, -0.15) is 0 Å². The van der Waals surface area contributed by atoms with Crippen LogP contribution in [0.25, 0.3) is 0 Å². The molecule has 1 N–H and O–H groups in total. The second-order valence-corrected chi connectivity index (χ2v) is 3.64.